The molecule has 1 aromatic rings. The van der Waals surface area contributed by atoms with Crippen LogP contribution in [0.2, 0.25) is 0 Å². The maximum absolute atomic E-state index is 12.0. The predicted octanol–water partition coefficient (Wildman–Crippen LogP) is 2.47. The van der Waals surface area contributed by atoms with E-state index >= 15 is 0 Å². The zero-order valence-electron chi connectivity index (χ0n) is 11.0. The molecule has 0 aliphatic carbocycles. The van der Waals surface area contributed by atoms with E-state index in [-0.39, 0.29) is 12.6 Å². The van der Waals surface area contributed by atoms with E-state index in [4.69, 9.17) is 5.11 Å². The maximum Gasteiger partial charge on any atom is 0.323 e. The van der Waals surface area contributed by atoms with Crippen LogP contribution in [0.1, 0.15) is 31.9 Å². The van der Waals surface area contributed by atoms with Gasteiger partial charge in [-0.25, -0.2) is 9.78 Å². The van der Waals surface area contributed by atoms with Gasteiger partial charge < -0.3 is 10.0 Å². The van der Waals surface area contributed by atoms with Gasteiger partial charge in [-0.05, 0) is 19.8 Å². The Morgan fingerprint density at radius 2 is 2.22 bits per heavy atom. The summed E-state index contributed by atoms with van der Waals surface area (Å²) in [6.07, 6.45) is 2.61. The highest BCUT2D eigenvalue weighted by Crippen LogP contribution is 2.15. The van der Waals surface area contributed by atoms with E-state index in [0.29, 0.717) is 24.6 Å². The number of nitrogens with one attached hydrogen (secondary N) is 1. The summed E-state index contributed by atoms with van der Waals surface area (Å²) in [6.45, 7) is 5.38. The first-order valence-corrected chi connectivity index (χ1v) is 7.14. The highest BCUT2D eigenvalue weighted by Gasteiger charge is 2.13. The summed E-state index contributed by atoms with van der Waals surface area (Å²) < 4.78 is 0. The molecule has 0 atom stereocenters. The van der Waals surface area contributed by atoms with Gasteiger partial charge in [-0.15, -0.1) is 11.3 Å². The number of anilines is 1. The standard InChI is InChI=1S/C12H21N3O2S/c1-3-4-6-15(7-5-8-16)12(17)14-11-13-10(2)9-18-11/h9,16H,3-8H2,1-2H3,(H,13,14,17). The highest BCUT2D eigenvalue weighted by molar-refractivity contribution is 7.13. The number of thiazole rings is 1. The fraction of sp³-hybridized carbons (Fsp3) is 0.667. The molecule has 1 heterocycles. The van der Waals surface area contributed by atoms with Crippen molar-refractivity contribution >= 4 is 22.5 Å². The van der Waals surface area contributed by atoms with Crippen LogP contribution in [0.25, 0.3) is 0 Å². The minimum absolute atomic E-state index is 0.103. The normalized spacial score (nSPS) is 10.4. The first-order chi connectivity index (χ1) is 8.67. The Bertz CT molecular complexity index is 360. The fourth-order valence-corrected chi connectivity index (χ4v) is 2.19. The van der Waals surface area contributed by atoms with Crippen LogP contribution in [-0.4, -0.2) is 40.7 Å². The quantitative estimate of drug-likeness (QED) is 0.800. The Morgan fingerprint density at radius 1 is 1.50 bits per heavy atom. The van der Waals surface area contributed by atoms with Crippen LogP contribution in [-0.2, 0) is 0 Å². The molecule has 1 rings (SSSR count). The number of aliphatic hydroxyl groups excluding tert-OH is 1. The van der Waals surface area contributed by atoms with E-state index in [1.807, 2.05) is 12.3 Å². The van der Waals surface area contributed by atoms with E-state index in [2.05, 4.69) is 17.2 Å². The number of rotatable bonds is 7. The van der Waals surface area contributed by atoms with Gasteiger partial charge in [0, 0.05) is 25.1 Å². The predicted molar refractivity (Wildman–Crippen MR) is 74.1 cm³/mol. The van der Waals surface area contributed by atoms with Crippen molar-refractivity contribution in [2.75, 3.05) is 25.0 Å². The number of nitrogens with zero attached hydrogens (tertiary/aromatic N) is 2. The molecule has 0 spiro atoms. The maximum atomic E-state index is 12.0. The second-order valence-electron chi connectivity index (χ2n) is 4.14. The molecule has 0 aliphatic heterocycles. The summed E-state index contributed by atoms with van der Waals surface area (Å²) in [5.41, 5.74) is 0.908. The Kier molecular flexibility index (Phi) is 6.67. The van der Waals surface area contributed by atoms with Crippen molar-refractivity contribution in [2.24, 2.45) is 0 Å². The van der Waals surface area contributed by atoms with E-state index in [0.717, 1.165) is 18.5 Å². The van der Waals surface area contributed by atoms with Gasteiger partial charge in [-0.3, -0.25) is 5.32 Å². The number of hydrogen-bond donors (Lipinski definition) is 2. The fourth-order valence-electron chi connectivity index (χ4n) is 1.51. The number of aryl methyl sites for hydroxylation is 1. The molecular formula is C12H21N3O2S. The van der Waals surface area contributed by atoms with Crippen molar-refractivity contribution in [1.82, 2.24) is 9.88 Å². The minimum Gasteiger partial charge on any atom is -0.396 e. The van der Waals surface area contributed by atoms with Gasteiger partial charge in [0.2, 0.25) is 0 Å². The van der Waals surface area contributed by atoms with E-state index in [1.165, 1.54) is 11.3 Å². The number of amides is 2. The van der Waals surface area contributed by atoms with Crippen molar-refractivity contribution in [2.45, 2.75) is 33.1 Å². The molecule has 0 aromatic carbocycles. The smallest absolute Gasteiger partial charge is 0.323 e. The third-order valence-corrected chi connectivity index (χ3v) is 3.36. The molecule has 5 nitrogen and oxygen atoms in total. The summed E-state index contributed by atoms with van der Waals surface area (Å²) in [5.74, 6) is 0. The van der Waals surface area contributed by atoms with Crippen molar-refractivity contribution in [3.63, 3.8) is 0 Å². The van der Waals surface area contributed by atoms with Gasteiger partial charge in [-0.1, -0.05) is 13.3 Å². The number of aromatic nitrogens is 1. The summed E-state index contributed by atoms with van der Waals surface area (Å²) in [6, 6.07) is -0.133. The third-order valence-electron chi connectivity index (χ3n) is 2.49. The Labute approximate surface area is 112 Å². The Hall–Kier alpha value is -1.14. The van der Waals surface area contributed by atoms with Gasteiger partial charge in [0.15, 0.2) is 5.13 Å². The Balaban J connectivity index is 2.51. The van der Waals surface area contributed by atoms with Crippen LogP contribution in [0.5, 0.6) is 0 Å². The summed E-state index contributed by atoms with van der Waals surface area (Å²) in [5, 5.41) is 14.2. The molecule has 18 heavy (non-hydrogen) atoms. The van der Waals surface area contributed by atoms with Gasteiger partial charge in [0.1, 0.15) is 0 Å². The molecule has 0 saturated carbocycles. The molecule has 1 aromatic heterocycles. The van der Waals surface area contributed by atoms with Crippen LogP contribution < -0.4 is 5.32 Å². The van der Waals surface area contributed by atoms with Gasteiger partial charge >= 0.3 is 6.03 Å². The lowest BCUT2D eigenvalue weighted by Gasteiger charge is -2.21. The molecule has 0 unspecified atom stereocenters. The molecule has 102 valence electrons. The number of unbranched alkanes of at least 4 members (excludes halogenated alkanes) is 1. The van der Waals surface area contributed by atoms with Crippen molar-refractivity contribution in [1.29, 1.82) is 0 Å². The molecule has 0 fully saturated rings. The second kappa shape index (κ2) is 8.05. The summed E-state index contributed by atoms with van der Waals surface area (Å²) in [4.78, 5) is 18.0. The lowest BCUT2D eigenvalue weighted by molar-refractivity contribution is 0.201. The van der Waals surface area contributed by atoms with Crippen LogP contribution in [0.4, 0.5) is 9.93 Å². The van der Waals surface area contributed by atoms with Gasteiger partial charge in [0.25, 0.3) is 0 Å². The van der Waals surface area contributed by atoms with Crippen molar-refractivity contribution < 1.29 is 9.90 Å². The van der Waals surface area contributed by atoms with Gasteiger partial charge in [0.05, 0.1) is 5.69 Å². The number of aliphatic hydroxyl groups is 1. The van der Waals surface area contributed by atoms with E-state index in [1.54, 1.807) is 4.90 Å². The van der Waals surface area contributed by atoms with Crippen LogP contribution in [0.3, 0.4) is 0 Å². The molecular weight excluding hydrogens is 250 g/mol. The second-order valence-corrected chi connectivity index (χ2v) is 5.00. The molecule has 2 amide bonds. The molecule has 0 radical (unpaired) electrons. The third kappa shape index (κ3) is 5.01. The zero-order chi connectivity index (χ0) is 13.4. The Morgan fingerprint density at radius 3 is 2.78 bits per heavy atom. The highest BCUT2D eigenvalue weighted by atomic mass is 32.1. The van der Waals surface area contributed by atoms with Crippen LogP contribution in [0, 0.1) is 6.92 Å². The molecule has 2 N–H and O–H groups in total. The van der Waals surface area contributed by atoms with Crippen molar-refractivity contribution in [3.05, 3.63) is 11.1 Å². The number of urea groups is 1. The number of hydrogen-bond acceptors (Lipinski definition) is 4. The average molecular weight is 271 g/mol. The van der Waals surface area contributed by atoms with E-state index < -0.39 is 0 Å². The topological polar surface area (TPSA) is 65.5 Å². The number of carbonyl (C=O) groups is 1. The zero-order valence-corrected chi connectivity index (χ0v) is 11.8. The van der Waals surface area contributed by atoms with E-state index in [9.17, 15) is 4.79 Å². The lowest BCUT2D eigenvalue weighted by atomic mass is 10.3. The van der Waals surface area contributed by atoms with Crippen molar-refractivity contribution in [3.8, 4) is 0 Å². The minimum atomic E-state index is -0.133. The first kappa shape index (κ1) is 14.9. The van der Waals surface area contributed by atoms with Crippen LogP contribution >= 0.6 is 11.3 Å². The van der Waals surface area contributed by atoms with Gasteiger partial charge in [-0.2, -0.15) is 0 Å². The van der Waals surface area contributed by atoms with Crippen LogP contribution in [0.15, 0.2) is 5.38 Å². The SMILES string of the molecule is CCCCN(CCCO)C(=O)Nc1nc(C)cs1. The lowest BCUT2D eigenvalue weighted by Crippen LogP contribution is -2.36. The largest absolute Gasteiger partial charge is 0.396 e. The molecule has 0 saturated heterocycles. The summed E-state index contributed by atoms with van der Waals surface area (Å²) >= 11 is 1.42. The molecule has 0 bridgehead atoms. The monoisotopic (exact) mass is 271 g/mol. The summed E-state index contributed by atoms with van der Waals surface area (Å²) in [7, 11) is 0. The molecule has 6 heteroatoms. The molecule has 0 aliphatic rings. The average Bonchev–Trinajstić information content (AvgIpc) is 2.75. The number of carbonyl (C=O) groups excluding carboxylic acids is 1. The first-order valence-electron chi connectivity index (χ1n) is 6.26.